The second-order valence-corrected chi connectivity index (χ2v) is 7.40. The molecule has 5 heteroatoms. The summed E-state index contributed by atoms with van der Waals surface area (Å²) in [5, 5.41) is 12.5. The number of carboxylic acid groups (broad SMARTS) is 1. The molecule has 1 amide bonds. The molecule has 0 radical (unpaired) electrons. The minimum atomic E-state index is -0.969. The third-order valence-electron chi connectivity index (χ3n) is 5.60. The van der Waals surface area contributed by atoms with Gasteiger partial charge in [0.15, 0.2) is 0 Å². The highest BCUT2D eigenvalue weighted by molar-refractivity contribution is 6.04. The van der Waals surface area contributed by atoms with E-state index < -0.39 is 5.97 Å². The quantitative estimate of drug-likeness (QED) is 0.494. The molecule has 0 saturated carbocycles. The molecule has 0 fully saturated rings. The van der Waals surface area contributed by atoms with Gasteiger partial charge in [0.05, 0.1) is 5.56 Å². The first-order valence-electron chi connectivity index (χ1n) is 10.5. The molecule has 31 heavy (non-hydrogen) atoms. The van der Waals surface area contributed by atoms with Crippen molar-refractivity contribution >= 4 is 17.6 Å². The number of carbonyl (C=O) groups is 2. The van der Waals surface area contributed by atoms with Crippen LogP contribution in [0.1, 0.15) is 53.1 Å². The molecule has 160 valence electrons. The monoisotopic (exact) mass is 416 g/mol. The molecule has 3 aromatic carbocycles. The average Bonchev–Trinajstić information content (AvgIpc) is 2.80. The van der Waals surface area contributed by atoms with Crippen molar-refractivity contribution in [3.05, 3.63) is 89.5 Å². The minimum absolute atomic E-state index is 0.0805. The van der Waals surface area contributed by atoms with Crippen LogP contribution in [0.5, 0.6) is 0 Å². The molecule has 5 nitrogen and oxygen atoms in total. The van der Waals surface area contributed by atoms with Gasteiger partial charge >= 0.3 is 5.97 Å². The van der Waals surface area contributed by atoms with Gasteiger partial charge in [-0.3, -0.25) is 9.69 Å². The summed E-state index contributed by atoms with van der Waals surface area (Å²) in [5.74, 6) is -1.20. The van der Waals surface area contributed by atoms with Gasteiger partial charge in [0.1, 0.15) is 0 Å². The number of hydrogen-bond donors (Lipinski definition) is 2. The van der Waals surface area contributed by atoms with E-state index >= 15 is 0 Å². The molecule has 2 N–H and O–H groups in total. The number of rotatable bonds is 8. The Bertz CT molecular complexity index is 1040. The number of nitrogens with one attached hydrogen (secondary N) is 1. The Labute approximate surface area is 183 Å². The molecule has 0 heterocycles. The minimum Gasteiger partial charge on any atom is -0.478 e. The van der Waals surface area contributed by atoms with E-state index in [9.17, 15) is 14.7 Å². The van der Waals surface area contributed by atoms with Crippen LogP contribution in [-0.4, -0.2) is 35.0 Å². The Hall–Kier alpha value is -3.44. The van der Waals surface area contributed by atoms with Crippen molar-refractivity contribution in [2.24, 2.45) is 0 Å². The number of carbonyl (C=O) groups excluding carboxylic acids is 1. The van der Waals surface area contributed by atoms with Crippen molar-refractivity contribution in [1.82, 2.24) is 4.90 Å². The van der Waals surface area contributed by atoms with Crippen LogP contribution in [0.3, 0.4) is 0 Å². The maximum atomic E-state index is 12.8. The van der Waals surface area contributed by atoms with E-state index in [2.05, 4.69) is 10.2 Å². The summed E-state index contributed by atoms with van der Waals surface area (Å²) in [6.45, 7) is 7.70. The highest BCUT2D eigenvalue weighted by Gasteiger charge is 2.20. The molecule has 3 rings (SSSR count). The zero-order valence-corrected chi connectivity index (χ0v) is 18.1. The SMILES string of the molecule is CCN(CC)C(C)c1cc(NC(=O)c2ccc(-c3ccccc3)cc2)ccc1C(=O)O. The average molecular weight is 417 g/mol. The van der Waals surface area contributed by atoms with E-state index in [1.807, 2.05) is 63.2 Å². The summed E-state index contributed by atoms with van der Waals surface area (Å²) in [5.41, 5.74) is 4.20. The van der Waals surface area contributed by atoms with Crippen LogP contribution in [0.2, 0.25) is 0 Å². The predicted molar refractivity (Wildman–Crippen MR) is 125 cm³/mol. The number of hydrogen-bond acceptors (Lipinski definition) is 3. The maximum Gasteiger partial charge on any atom is 0.336 e. The first kappa shape index (κ1) is 22.2. The summed E-state index contributed by atoms with van der Waals surface area (Å²) in [4.78, 5) is 26.7. The summed E-state index contributed by atoms with van der Waals surface area (Å²) < 4.78 is 0. The lowest BCUT2D eigenvalue weighted by Crippen LogP contribution is -2.28. The predicted octanol–water partition coefficient (Wildman–Crippen LogP) is 5.71. The number of nitrogens with zero attached hydrogens (tertiary/aromatic N) is 1. The molecule has 1 atom stereocenters. The zero-order chi connectivity index (χ0) is 22.4. The van der Waals surface area contributed by atoms with E-state index in [-0.39, 0.29) is 17.5 Å². The summed E-state index contributed by atoms with van der Waals surface area (Å²) in [7, 11) is 0. The van der Waals surface area contributed by atoms with Gasteiger partial charge in [0, 0.05) is 17.3 Å². The molecular formula is C26H28N2O3. The Morgan fingerprint density at radius 3 is 2.10 bits per heavy atom. The van der Waals surface area contributed by atoms with Crippen LogP contribution < -0.4 is 5.32 Å². The van der Waals surface area contributed by atoms with Crippen LogP contribution in [0.25, 0.3) is 11.1 Å². The molecule has 0 bridgehead atoms. The van der Waals surface area contributed by atoms with Crippen molar-refractivity contribution in [2.75, 3.05) is 18.4 Å². The van der Waals surface area contributed by atoms with Gasteiger partial charge in [-0.1, -0.05) is 56.3 Å². The first-order chi connectivity index (χ1) is 14.9. The number of benzene rings is 3. The van der Waals surface area contributed by atoms with Gasteiger partial charge in [0.25, 0.3) is 5.91 Å². The molecule has 0 spiro atoms. The van der Waals surface area contributed by atoms with E-state index in [1.165, 1.54) is 0 Å². The molecule has 0 saturated heterocycles. The van der Waals surface area contributed by atoms with Crippen molar-refractivity contribution in [3.63, 3.8) is 0 Å². The number of anilines is 1. The Morgan fingerprint density at radius 2 is 1.52 bits per heavy atom. The molecule has 0 aliphatic rings. The van der Waals surface area contributed by atoms with Gasteiger partial charge < -0.3 is 10.4 Å². The maximum absolute atomic E-state index is 12.8. The van der Waals surface area contributed by atoms with Gasteiger partial charge in [0.2, 0.25) is 0 Å². The molecule has 3 aromatic rings. The molecule has 0 aromatic heterocycles. The van der Waals surface area contributed by atoms with Gasteiger partial charge in [-0.25, -0.2) is 4.79 Å². The Morgan fingerprint density at radius 1 is 0.903 bits per heavy atom. The number of aromatic carboxylic acids is 1. The Kier molecular flexibility index (Phi) is 7.21. The highest BCUT2D eigenvalue weighted by Crippen LogP contribution is 2.27. The number of carboxylic acids is 1. The molecular weight excluding hydrogens is 388 g/mol. The second kappa shape index (κ2) is 10.0. The molecule has 0 aliphatic heterocycles. The lowest BCUT2D eigenvalue weighted by atomic mass is 9.99. The lowest BCUT2D eigenvalue weighted by Gasteiger charge is -2.28. The standard InChI is InChI=1S/C26H28N2O3/c1-4-28(5-2)18(3)24-17-22(15-16-23(24)26(30)31)27-25(29)21-13-11-20(12-14-21)19-9-7-6-8-10-19/h6-18H,4-5H2,1-3H3,(H,27,29)(H,30,31). The normalized spacial score (nSPS) is 11.9. The highest BCUT2D eigenvalue weighted by atomic mass is 16.4. The van der Waals surface area contributed by atoms with Crippen molar-refractivity contribution in [1.29, 1.82) is 0 Å². The van der Waals surface area contributed by atoms with Crippen molar-refractivity contribution in [2.45, 2.75) is 26.8 Å². The van der Waals surface area contributed by atoms with Crippen LogP contribution in [0, 0.1) is 0 Å². The van der Waals surface area contributed by atoms with E-state index in [0.717, 1.165) is 24.2 Å². The fourth-order valence-corrected chi connectivity index (χ4v) is 3.80. The van der Waals surface area contributed by atoms with E-state index in [4.69, 9.17) is 0 Å². The fourth-order valence-electron chi connectivity index (χ4n) is 3.80. The van der Waals surface area contributed by atoms with Crippen LogP contribution in [0.15, 0.2) is 72.8 Å². The van der Waals surface area contributed by atoms with Crippen LogP contribution in [0.4, 0.5) is 5.69 Å². The third-order valence-corrected chi connectivity index (χ3v) is 5.60. The fraction of sp³-hybridized carbons (Fsp3) is 0.231. The summed E-state index contributed by atoms with van der Waals surface area (Å²) in [6.07, 6.45) is 0. The topological polar surface area (TPSA) is 69.6 Å². The van der Waals surface area contributed by atoms with Crippen LogP contribution >= 0.6 is 0 Å². The van der Waals surface area contributed by atoms with Crippen molar-refractivity contribution in [3.8, 4) is 11.1 Å². The molecule has 1 unspecified atom stereocenters. The van der Waals surface area contributed by atoms with Crippen molar-refractivity contribution < 1.29 is 14.7 Å². The van der Waals surface area contributed by atoms with Gasteiger partial charge in [-0.05, 0) is 67.0 Å². The van der Waals surface area contributed by atoms with E-state index in [0.29, 0.717) is 16.8 Å². The Balaban J connectivity index is 1.82. The third kappa shape index (κ3) is 5.19. The second-order valence-electron chi connectivity index (χ2n) is 7.40. The summed E-state index contributed by atoms with van der Waals surface area (Å²) >= 11 is 0. The van der Waals surface area contributed by atoms with Gasteiger partial charge in [-0.2, -0.15) is 0 Å². The first-order valence-corrected chi connectivity index (χ1v) is 10.5. The largest absolute Gasteiger partial charge is 0.478 e. The smallest absolute Gasteiger partial charge is 0.336 e. The van der Waals surface area contributed by atoms with E-state index in [1.54, 1.807) is 30.3 Å². The number of amides is 1. The van der Waals surface area contributed by atoms with Crippen LogP contribution in [-0.2, 0) is 0 Å². The lowest BCUT2D eigenvalue weighted by molar-refractivity contribution is 0.0692. The molecule has 0 aliphatic carbocycles. The van der Waals surface area contributed by atoms with Gasteiger partial charge in [-0.15, -0.1) is 0 Å². The summed E-state index contributed by atoms with van der Waals surface area (Å²) in [6, 6.07) is 22.3. The zero-order valence-electron chi connectivity index (χ0n) is 18.1.